The van der Waals surface area contributed by atoms with Crippen molar-refractivity contribution in [3.63, 3.8) is 0 Å². The Labute approximate surface area is 155 Å². The van der Waals surface area contributed by atoms with Crippen LogP contribution in [-0.4, -0.2) is 24.6 Å². The van der Waals surface area contributed by atoms with Gasteiger partial charge in [-0.15, -0.1) is 0 Å². The molecule has 0 spiro atoms. The van der Waals surface area contributed by atoms with Crippen LogP contribution < -0.4 is 4.72 Å². The number of benzene rings is 1. The van der Waals surface area contributed by atoms with Crippen LogP contribution in [-0.2, 0) is 10.0 Å². The first-order valence-corrected chi connectivity index (χ1v) is 9.59. The molecule has 2 aromatic rings. The van der Waals surface area contributed by atoms with E-state index < -0.39 is 21.8 Å². The monoisotopic (exact) mass is 407 g/mol. The van der Waals surface area contributed by atoms with E-state index in [0.29, 0.717) is 15.8 Å². The lowest BCUT2D eigenvalue weighted by molar-refractivity contribution is -0.0913. The molecule has 0 aliphatic heterocycles. The third-order valence-corrected chi connectivity index (χ3v) is 4.76. The SMILES string of the molecule is C/C=C(\C=C(/C)C(F)(F)F)NS(=O)(=O)c1ccc2[nH]c(=S)[nH]c2c1.CC. The Kier molecular flexibility index (Phi) is 7.22. The molecule has 2 rings (SSSR count). The van der Waals surface area contributed by atoms with Crippen molar-refractivity contribution < 1.29 is 21.6 Å². The van der Waals surface area contributed by atoms with Crippen LogP contribution in [0.3, 0.4) is 0 Å². The van der Waals surface area contributed by atoms with Crippen molar-refractivity contribution in [2.24, 2.45) is 0 Å². The number of alkyl halides is 3. The molecule has 0 aliphatic rings. The van der Waals surface area contributed by atoms with Crippen molar-refractivity contribution in [1.82, 2.24) is 14.7 Å². The maximum Gasteiger partial charge on any atom is 0.412 e. The van der Waals surface area contributed by atoms with Gasteiger partial charge >= 0.3 is 6.18 Å². The minimum absolute atomic E-state index is 0.0994. The van der Waals surface area contributed by atoms with Gasteiger partial charge in [0.05, 0.1) is 15.9 Å². The summed E-state index contributed by atoms with van der Waals surface area (Å²) in [5.74, 6) is 0. The van der Waals surface area contributed by atoms with E-state index in [9.17, 15) is 21.6 Å². The molecule has 1 aromatic carbocycles. The summed E-state index contributed by atoms with van der Waals surface area (Å²) in [7, 11) is -4.04. The first kappa shape index (κ1) is 22.0. The van der Waals surface area contributed by atoms with E-state index >= 15 is 0 Å². The Morgan fingerprint density at radius 2 is 1.77 bits per heavy atom. The van der Waals surface area contributed by atoms with E-state index in [4.69, 9.17) is 12.2 Å². The number of sulfonamides is 1. The molecular weight excluding hydrogens is 387 g/mol. The second kappa shape index (κ2) is 8.54. The van der Waals surface area contributed by atoms with Crippen LogP contribution in [0.5, 0.6) is 0 Å². The summed E-state index contributed by atoms with van der Waals surface area (Å²) in [6.45, 7) is 6.30. The van der Waals surface area contributed by atoms with Crippen LogP contribution in [0.2, 0.25) is 0 Å². The molecule has 0 bridgehead atoms. The van der Waals surface area contributed by atoms with Gasteiger partial charge in [-0.25, -0.2) is 8.42 Å². The third kappa shape index (κ3) is 5.46. The number of aromatic amines is 2. The molecular formula is C16H20F3N3O2S2. The normalized spacial score (nSPS) is 13.3. The van der Waals surface area contributed by atoms with Gasteiger partial charge in [0.1, 0.15) is 0 Å². The fourth-order valence-corrected chi connectivity index (χ4v) is 3.22. The number of hydrogen-bond acceptors (Lipinski definition) is 3. The lowest BCUT2D eigenvalue weighted by Crippen LogP contribution is -2.23. The van der Waals surface area contributed by atoms with Crippen LogP contribution >= 0.6 is 12.2 Å². The average molecular weight is 407 g/mol. The van der Waals surface area contributed by atoms with Crippen molar-refractivity contribution in [3.05, 3.63) is 46.4 Å². The zero-order valence-electron chi connectivity index (χ0n) is 14.7. The number of halogens is 3. The Hall–Kier alpha value is -2.07. The fourth-order valence-electron chi connectivity index (χ4n) is 1.88. The summed E-state index contributed by atoms with van der Waals surface area (Å²) in [6.07, 6.45) is -2.55. The lowest BCUT2D eigenvalue weighted by atomic mass is 10.2. The number of fused-ring (bicyclic) bond motifs is 1. The number of nitrogens with one attached hydrogen (secondary N) is 3. The van der Waals surface area contributed by atoms with Crippen LogP contribution in [0, 0.1) is 4.77 Å². The molecule has 0 unspecified atom stereocenters. The largest absolute Gasteiger partial charge is 0.412 e. The Morgan fingerprint density at radius 3 is 2.31 bits per heavy atom. The first-order chi connectivity index (χ1) is 12.0. The molecule has 0 aliphatic carbocycles. The van der Waals surface area contributed by atoms with Crippen molar-refractivity contribution in [1.29, 1.82) is 0 Å². The molecule has 144 valence electrons. The molecule has 1 aromatic heterocycles. The average Bonchev–Trinajstić information content (AvgIpc) is 2.94. The van der Waals surface area contributed by atoms with Gasteiger partial charge in [0.2, 0.25) is 0 Å². The number of H-pyrrole nitrogens is 2. The standard InChI is InChI=1S/C14H14F3N3O2S2.C2H6/c1-3-9(6-8(2)14(15,16)17)20-24(21,22)10-4-5-11-12(7-10)19-13(23)18-11;1-2/h3-7,20H,1-2H3,(H2,18,19,23);1-2H3/b8-6+,9-3+;. The molecule has 10 heteroatoms. The number of aromatic nitrogens is 2. The van der Waals surface area contributed by atoms with E-state index in [-0.39, 0.29) is 10.6 Å². The highest BCUT2D eigenvalue weighted by atomic mass is 32.2. The predicted molar refractivity (Wildman–Crippen MR) is 98.7 cm³/mol. The van der Waals surface area contributed by atoms with Crippen molar-refractivity contribution in [2.45, 2.75) is 38.8 Å². The molecule has 26 heavy (non-hydrogen) atoms. The van der Waals surface area contributed by atoms with Gasteiger partial charge in [-0.2, -0.15) is 13.2 Å². The van der Waals surface area contributed by atoms with E-state index in [1.165, 1.54) is 31.2 Å². The highest BCUT2D eigenvalue weighted by Gasteiger charge is 2.30. The fraction of sp³-hybridized carbons (Fsp3) is 0.312. The topological polar surface area (TPSA) is 77.8 Å². The highest BCUT2D eigenvalue weighted by Crippen LogP contribution is 2.26. The molecule has 0 saturated carbocycles. The molecule has 0 saturated heterocycles. The van der Waals surface area contributed by atoms with Crippen LogP contribution in [0.4, 0.5) is 13.2 Å². The van der Waals surface area contributed by atoms with E-state index in [2.05, 4.69) is 14.7 Å². The summed E-state index contributed by atoms with van der Waals surface area (Å²) >= 11 is 4.92. The number of rotatable bonds is 4. The van der Waals surface area contributed by atoms with E-state index in [0.717, 1.165) is 13.0 Å². The van der Waals surface area contributed by atoms with Gasteiger partial charge in [-0.1, -0.05) is 19.9 Å². The Bertz CT molecular complexity index is 984. The second-order valence-corrected chi connectivity index (χ2v) is 7.05. The number of hydrogen-bond donors (Lipinski definition) is 3. The molecule has 0 fully saturated rings. The Morgan fingerprint density at radius 1 is 1.19 bits per heavy atom. The van der Waals surface area contributed by atoms with E-state index in [1.54, 1.807) is 0 Å². The maximum atomic E-state index is 12.6. The summed E-state index contributed by atoms with van der Waals surface area (Å²) in [5, 5.41) is 0. The zero-order chi connectivity index (χ0) is 20.1. The van der Waals surface area contributed by atoms with Gasteiger partial charge < -0.3 is 9.97 Å². The van der Waals surface area contributed by atoms with Crippen molar-refractivity contribution in [2.75, 3.05) is 0 Å². The van der Waals surface area contributed by atoms with Gasteiger partial charge in [0, 0.05) is 11.3 Å². The van der Waals surface area contributed by atoms with Crippen molar-refractivity contribution >= 4 is 33.3 Å². The van der Waals surface area contributed by atoms with Crippen LogP contribution in [0.25, 0.3) is 11.0 Å². The second-order valence-electron chi connectivity index (χ2n) is 4.96. The lowest BCUT2D eigenvalue weighted by Gasteiger charge is -2.11. The summed E-state index contributed by atoms with van der Waals surface area (Å²) in [4.78, 5) is 5.51. The van der Waals surface area contributed by atoms with Crippen molar-refractivity contribution in [3.8, 4) is 0 Å². The Balaban J connectivity index is 0.00000163. The third-order valence-electron chi connectivity index (χ3n) is 3.18. The van der Waals surface area contributed by atoms with E-state index in [1.807, 2.05) is 13.8 Å². The number of imidazole rings is 1. The highest BCUT2D eigenvalue weighted by molar-refractivity contribution is 7.89. The first-order valence-electron chi connectivity index (χ1n) is 7.69. The molecule has 5 nitrogen and oxygen atoms in total. The molecule has 0 amide bonds. The predicted octanol–water partition coefficient (Wildman–Crippen LogP) is 4.94. The maximum absolute atomic E-state index is 12.6. The summed E-state index contributed by atoms with van der Waals surface area (Å²) < 4.78 is 65.0. The quantitative estimate of drug-likeness (QED) is 0.496. The van der Waals surface area contributed by atoms with Crippen LogP contribution in [0.1, 0.15) is 27.7 Å². The van der Waals surface area contributed by atoms with Gasteiger partial charge in [-0.05, 0) is 50.3 Å². The van der Waals surface area contributed by atoms with Gasteiger partial charge in [-0.3, -0.25) is 4.72 Å². The smallest absolute Gasteiger partial charge is 0.331 e. The molecule has 3 N–H and O–H groups in total. The zero-order valence-corrected chi connectivity index (χ0v) is 16.3. The minimum atomic E-state index is -4.53. The van der Waals surface area contributed by atoms with Gasteiger partial charge in [0.25, 0.3) is 10.0 Å². The summed E-state index contributed by atoms with van der Waals surface area (Å²) in [5.41, 5.74) is 0.0142. The van der Waals surface area contributed by atoms with Crippen LogP contribution in [0.15, 0.2) is 46.5 Å². The summed E-state index contributed by atoms with van der Waals surface area (Å²) in [6, 6.07) is 4.19. The number of allylic oxidation sites excluding steroid dienone is 3. The minimum Gasteiger partial charge on any atom is -0.331 e. The van der Waals surface area contributed by atoms with Gasteiger partial charge in [0.15, 0.2) is 4.77 Å². The molecule has 0 radical (unpaired) electrons. The molecule has 1 heterocycles. The molecule has 0 atom stereocenters.